The lowest BCUT2D eigenvalue weighted by atomic mass is 9.81. The standard InChI is InChI=1S/C16H31N3O/c1-2-10-19-11-6-14(7-12-19)13-18-15(20)16(17)8-4-3-5-9-16/h14H,2-13,17H2,1H3,(H,18,20). The van der Waals surface area contributed by atoms with E-state index in [1.165, 1.54) is 45.3 Å². The van der Waals surface area contributed by atoms with Crippen LogP contribution in [0.5, 0.6) is 0 Å². The lowest BCUT2D eigenvalue weighted by molar-refractivity contribution is -0.127. The SMILES string of the molecule is CCCN1CCC(CNC(=O)C2(N)CCCCC2)CC1. The Morgan fingerprint density at radius 2 is 1.90 bits per heavy atom. The van der Waals surface area contributed by atoms with Crippen LogP contribution in [0.1, 0.15) is 58.3 Å². The average Bonchev–Trinajstić information content (AvgIpc) is 2.47. The second-order valence-corrected chi connectivity index (χ2v) is 6.71. The number of hydrogen-bond donors (Lipinski definition) is 2. The quantitative estimate of drug-likeness (QED) is 0.809. The van der Waals surface area contributed by atoms with E-state index in [0.29, 0.717) is 5.92 Å². The summed E-state index contributed by atoms with van der Waals surface area (Å²) in [4.78, 5) is 14.8. The summed E-state index contributed by atoms with van der Waals surface area (Å²) in [6.07, 6.45) is 8.77. The summed E-state index contributed by atoms with van der Waals surface area (Å²) in [7, 11) is 0. The monoisotopic (exact) mass is 281 g/mol. The average molecular weight is 281 g/mol. The van der Waals surface area contributed by atoms with Crippen LogP contribution in [0.2, 0.25) is 0 Å². The first-order valence-corrected chi connectivity index (χ1v) is 8.43. The number of rotatable bonds is 5. The van der Waals surface area contributed by atoms with Crippen LogP contribution < -0.4 is 11.1 Å². The molecule has 0 atom stereocenters. The molecule has 1 saturated heterocycles. The molecule has 4 nitrogen and oxygen atoms in total. The second kappa shape index (κ2) is 7.41. The normalized spacial score (nSPS) is 24.5. The number of nitrogens with two attached hydrogens (primary N) is 1. The van der Waals surface area contributed by atoms with Gasteiger partial charge in [-0.2, -0.15) is 0 Å². The maximum Gasteiger partial charge on any atom is 0.240 e. The molecule has 0 unspecified atom stereocenters. The summed E-state index contributed by atoms with van der Waals surface area (Å²) in [5, 5.41) is 3.13. The molecule has 1 amide bonds. The number of amides is 1. The van der Waals surface area contributed by atoms with Gasteiger partial charge in [0.05, 0.1) is 5.54 Å². The summed E-state index contributed by atoms with van der Waals surface area (Å²) >= 11 is 0. The van der Waals surface area contributed by atoms with Crippen LogP contribution in [-0.2, 0) is 4.79 Å². The van der Waals surface area contributed by atoms with Crippen molar-refractivity contribution < 1.29 is 4.79 Å². The van der Waals surface area contributed by atoms with E-state index in [2.05, 4.69) is 17.1 Å². The van der Waals surface area contributed by atoms with Crippen LogP contribution in [-0.4, -0.2) is 42.5 Å². The highest BCUT2D eigenvalue weighted by molar-refractivity contribution is 5.86. The first-order chi connectivity index (χ1) is 9.64. The van der Waals surface area contributed by atoms with Gasteiger partial charge in [-0.25, -0.2) is 0 Å². The molecule has 0 aromatic carbocycles. The summed E-state index contributed by atoms with van der Waals surface area (Å²) in [6, 6.07) is 0. The van der Waals surface area contributed by atoms with Gasteiger partial charge in [0, 0.05) is 6.54 Å². The zero-order valence-electron chi connectivity index (χ0n) is 13.0. The van der Waals surface area contributed by atoms with Crippen molar-refractivity contribution >= 4 is 5.91 Å². The minimum atomic E-state index is -0.582. The number of carbonyl (C=O) groups is 1. The summed E-state index contributed by atoms with van der Waals surface area (Å²) in [5.41, 5.74) is 5.68. The lowest BCUT2D eigenvalue weighted by Gasteiger charge is -2.34. The topological polar surface area (TPSA) is 58.4 Å². The molecule has 0 aromatic heterocycles. The molecule has 4 heteroatoms. The minimum Gasteiger partial charge on any atom is -0.354 e. The summed E-state index contributed by atoms with van der Waals surface area (Å²) in [5.74, 6) is 0.729. The van der Waals surface area contributed by atoms with Gasteiger partial charge in [0.2, 0.25) is 5.91 Å². The number of nitrogens with one attached hydrogen (secondary N) is 1. The van der Waals surface area contributed by atoms with Gasteiger partial charge in [-0.1, -0.05) is 26.2 Å². The Morgan fingerprint density at radius 3 is 2.50 bits per heavy atom. The van der Waals surface area contributed by atoms with Gasteiger partial charge in [0.15, 0.2) is 0 Å². The van der Waals surface area contributed by atoms with Crippen LogP contribution >= 0.6 is 0 Å². The van der Waals surface area contributed by atoms with Crippen LogP contribution in [0.4, 0.5) is 0 Å². The minimum absolute atomic E-state index is 0.0909. The predicted molar refractivity (Wildman–Crippen MR) is 82.5 cm³/mol. The Kier molecular flexibility index (Phi) is 5.85. The van der Waals surface area contributed by atoms with Gasteiger partial charge >= 0.3 is 0 Å². The number of likely N-dealkylation sites (tertiary alicyclic amines) is 1. The van der Waals surface area contributed by atoms with Gasteiger partial charge in [0.25, 0.3) is 0 Å². The molecule has 1 saturated carbocycles. The van der Waals surface area contributed by atoms with E-state index >= 15 is 0 Å². The van der Waals surface area contributed by atoms with Gasteiger partial charge < -0.3 is 16.0 Å². The molecule has 2 rings (SSSR count). The van der Waals surface area contributed by atoms with E-state index in [1.807, 2.05) is 0 Å². The third kappa shape index (κ3) is 4.19. The maximum atomic E-state index is 12.3. The lowest BCUT2D eigenvalue weighted by Crippen LogP contribution is -2.55. The third-order valence-electron chi connectivity index (χ3n) is 5.00. The predicted octanol–water partition coefficient (Wildman–Crippen LogP) is 1.89. The van der Waals surface area contributed by atoms with Crippen molar-refractivity contribution in [1.29, 1.82) is 0 Å². The van der Waals surface area contributed by atoms with Gasteiger partial charge in [-0.15, -0.1) is 0 Å². The molecule has 3 N–H and O–H groups in total. The molecule has 1 aliphatic heterocycles. The second-order valence-electron chi connectivity index (χ2n) is 6.71. The first kappa shape index (κ1) is 15.8. The Bertz CT molecular complexity index is 305. The fourth-order valence-electron chi connectivity index (χ4n) is 3.55. The summed E-state index contributed by atoms with van der Waals surface area (Å²) < 4.78 is 0. The number of piperidine rings is 1. The summed E-state index contributed by atoms with van der Waals surface area (Å²) in [6.45, 7) is 6.63. The fraction of sp³-hybridized carbons (Fsp3) is 0.938. The highest BCUT2D eigenvalue weighted by atomic mass is 16.2. The fourth-order valence-corrected chi connectivity index (χ4v) is 3.55. The largest absolute Gasteiger partial charge is 0.354 e. The molecule has 20 heavy (non-hydrogen) atoms. The highest BCUT2D eigenvalue weighted by Crippen LogP contribution is 2.26. The molecule has 116 valence electrons. The van der Waals surface area contributed by atoms with Crippen LogP contribution in [0.25, 0.3) is 0 Å². The molecule has 1 aliphatic carbocycles. The van der Waals surface area contributed by atoms with E-state index in [1.54, 1.807) is 0 Å². The van der Waals surface area contributed by atoms with Crippen molar-refractivity contribution in [3.8, 4) is 0 Å². The highest BCUT2D eigenvalue weighted by Gasteiger charge is 2.35. The van der Waals surface area contributed by atoms with E-state index in [-0.39, 0.29) is 5.91 Å². The zero-order valence-corrected chi connectivity index (χ0v) is 13.0. The zero-order chi connectivity index (χ0) is 14.4. The number of carbonyl (C=O) groups excluding carboxylic acids is 1. The van der Waals surface area contributed by atoms with Crippen LogP contribution in [0, 0.1) is 5.92 Å². The molecule has 0 radical (unpaired) electrons. The number of nitrogens with zero attached hydrogens (tertiary/aromatic N) is 1. The molecule has 0 spiro atoms. The van der Waals surface area contributed by atoms with Crippen molar-refractivity contribution in [1.82, 2.24) is 10.2 Å². The molecule has 0 aromatic rings. The maximum absolute atomic E-state index is 12.3. The molecule has 0 bridgehead atoms. The first-order valence-electron chi connectivity index (χ1n) is 8.43. The van der Waals surface area contributed by atoms with Crippen molar-refractivity contribution in [3.63, 3.8) is 0 Å². The van der Waals surface area contributed by atoms with E-state index in [4.69, 9.17) is 5.73 Å². The van der Waals surface area contributed by atoms with Crippen LogP contribution in [0.15, 0.2) is 0 Å². The molecular formula is C16H31N3O. The van der Waals surface area contributed by atoms with Gasteiger partial charge in [0.1, 0.15) is 0 Å². The van der Waals surface area contributed by atoms with E-state index < -0.39 is 5.54 Å². The number of hydrogen-bond acceptors (Lipinski definition) is 3. The molecular weight excluding hydrogens is 250 g/mol. The third-order valence-corrected chi connectivity index (χ3v) is 5.00. The smallest absolute Gasteiger partial charge is 0.240 e. The Balaban J connectivity index is 1.69. The molecule has 1 heterocycles. The van der Waals surface area contributed by atoms with Gasteiger partial charge in [-0.3, -0.25) is 4.79 Å². The Hall–Kier alpha value is -0.610. The molecule has 2 fully saturated rings. The van der Waals surface area contributed by atoms with Crippen molar-refractivity contribution in [3.05, 3.63) is 0 Å². The van der Waals surface area contributed by atoms with E-state index in [0.717, 1.165) is 32.2 Å². The van der Waals surface area contributed by atoms with Gasteiger partial charge in [-0.05, 0) is 57.7 Å². The Morgan fingerprint density at radius 1 is 1.25 bits per heavy atom. The van der Waals surface area contributed by atoms with Crippen molar-refractivity contribution in [2.75, 3.05) is 26.2 Å². The van der Waals surface area contributed by atoms with Crippen molar-refractivity contribution in [2.45, 2.75) is 63.8 Å². The van der Waals surface area contributed by atoms with Crippen LogP contribution in [0.3, 0.4) is 0 Å². The van der Waals surface area contributed by atoms with Crippen molar-refractivity contribution in [2.24, 2.45) is 11.7 Å². The molecule has 2 aliphatic rings. The van der Waals surface area contributed by atoms with E-state index in [9.17, 15) is 4.79 Å². The Labute approximate surface area is 123 Å².